The molecule has 3 aromatic rings. The highest BCUT2D eigenvalue weighted by Crippen LogP contribution is 2.18. The van der Waals surface area contributed by atoms with Crippen molar-refractivity contribution in [3.8, 4) is 5.75 Å². The third-order valence-electron chi connectivity index (χ3n) is 3.96. The van der Waals surface area contributed by atoms with Gasteiger partial charge >= 0.3 is 5.97 Å². The second-order valence-electron chi connectivity index (χ2n) is 5.95. The number of nitrogens with zero attached hydrogens (tertiary/aromatic N) is 1. The zero-order valence-corrected chi connectivity index (χ0v) is 15.8. The number of benzene rings is 3. The number of rotatable bonds is 5. The molecule has 0 aromatic heterocycles. The summed E-state index contributed by atoms with van der Waals surface area (Å²) in [6, 6.07) is 20.5. The number of hydrogen-bond donors (Lipinski definition) is 1. The van der Waals surface area contributed by atoms with Gasteiger partial charge in [0.25, 0.3) is 5.91 Å². The van der Waals surface area contributed by atoms with E-state index in [2.05, 4.69) is 10.5 Å². The van der Waals surface area contributed by atoms with Gasteiger partial charge in [-0.3, -0.25) is 4.79 Å². The van der Waals surface area contributed by atoms with Gasteiger partial charge in [0.15, 0.2) is 0 Å². The summed E-state index contributed by atoms with van der Waals surface area (Å²) < 4.78 is 5.45. The molecule has 0 aliphatic carbocycles. The van der Waals surface area contributed by atoms with Crippen molar-refractivity contribution in [3.05, 3.63) is 100 Å². The molecule has 0 aliphatic heterocycles. The van der Waals surface area contributed by atoms with Crippen molar-refractivity contribution in [3.63, 3.8) is 0 Å². The molecule has 0 saturated heterocycles. The van der Waals surface area contributed by atoms with E-state index in [0.29, 0.717) is 27.5 Å². The number of para-hydroxylation sites is 1. The van der Waals surface area contributed by atoms with Crippen LogP contribution in [0.1, 0.15) is 31.8 Å². The van der Waals surface area contributed by atoms with Crippen LogP contribution in [-0.2, 0) is 0 Å². The molecule has 28 heavy (non-hydrogen) atoms. The van der Waals surface area contributed by atoms with Crippen LogP contribution in [0.3, 0.4) is 0 Å². The van der Waals surface area contributed by atoms with Crippen LogP contribution in [0.25, 0.3) is 0 Å². The molecule has 0 atom stereocenters. The highest BCUT2D eigenvalue weighted by molar-refractivity contribution is 6.30. The van der Waals surface area contributed by atoms with Gasteiger partial charge in [0.2, 0.25) is 0 Å². The quantitative estimate of drug-likeness (QED) is 0.298. The Balaban J connectivity index is 1.70. The fourth-order valence-corrected chi connectivity index (χ4v) is 2.60. The van der Waals surface area contributed by atoms with Gasteiger partial charge in [-0.15, -0.1) is 0 Å². The lowest BCUT2D eigenvalue weighted by Gasteiger charge is -2.07. The van der Waals surface area contributed by atoms with Crippen molar-refractivity contribution in [1.82, 2.24) is 5.43 Å². The Labute approximate surface area is 167 Å². The minimum absolute atomic E-state index is 0.315. The molecule has 0 spiro atoms. The highest BCUT2D eigenvalue weighted by atomic mass is 35.5. The van der Waals surface area contributed by atoms with Gasteiger partial charge in [0.1, 0.15) is 5.75 Å². The summed E-state index contributed by atoms with van der Waals surface area (Å²) in [5, 5.41) is 4.51. The Morgan fingerprint density at radius 2 is 1.64 bits per heavy atom. The van der Waals surface area contributed by atoms with E-state index in [9.17, 15) is 9.59 Å². The first kappa shape index (κ1) is 19.3. The fraction of sp³-hybridized carbons (Fsp3) is 0.0455. The van der Waals surface area contributed by atoms with Gasteiger partial charge in [-0.2, -0.15) is 5.10 Å². The standard InChI is InChI=1S/C22H17ClN2O3/c1-15-6-2-4-8-19(15)21(26)25-24-14-17-7-3-5-9-20(17)28-22(27)16-10-12-18(23)13-11-16/h2-14H,1H3,(H,25,26)/b24-14+. The molecule has 5 nitrogen and oxygen atoms in total. The first-order chi connectivity index (χ1) is 13.5. The molecular formula is C22H17ClN2O3. The Hall–Kier alpha value is -3.44. The number of carbonyl (C=O) groups excluding carboxylic acids is 2. The summed E-state index contributed by atoms with van der Waals surface area (Å²) >= 11 is 5.83. The monoisotopic (exact) mass is 392 g/mol. The molecule has 0 heterocycles. The van der Waals surface area contributed by atoms with Crippen LogP contribution in [0.15, 0.2) is 77.9 Å². The first-order valence-corrected chi connectivity index (χ1v) is 8.88. The number of ether oxygens (including phenoxy) is 1. The number of nitrogens with one attached hydrogen (secondary N) is 1. The van der Waals surface area contributed by atoms with E-state index in [1.165, 1.54) is 6.21 Å². The molecule has 1 N–H and O–H groups in total. The molecule has 0 aliphatic rings. The Morgan fingerprint density at radius 3 is 2.39 bits per heavy atom. The van der Waals surface area contributed by atoms with Gasteiger partial charge in [-0.25, -0.2) is 10.2 Å². The minimum Gasteiger partial charge on any atom is -0.422 e. The maximum Gasteiger partial charge on any atom is 0.343 e. The molecule has 1 amide bonds. The summed E-state index contributed by atoms with van der Waals surface area (Å²) in [5.41, 5.74) is 4.81. The van der Waals surface area contributed by atoms with E-state index in [4.69, 9.17) is 16.3 Å². The van der Waals surface area contributed by atoms with Gasteiger partial charge < -0.3 is 4.74 Å². The second-order valence-corrected chi connectivity index (χ2v) is 6.38. The predicted molar refractivity (Wildman–Crippen MR) is 109 cm³/mol. The zero-order chi connectivity index (χ0) is 19.9. The topological polar surface area (TPSA) is 67.8 Å². The lowest BCUT2D eigenvalue weighted by Crippen LogP contribution is -2.18. The van der Waals surface area contributed by atoms with E-state index in [-0.39, 0.29) is 5.91 Å². The van der Waals surface area contributed by atoms with Crippen LogP contribution in [0.5, 0.6) is 5.75 Å². The normalized spacial score (nSPS) is 10.6. The van der Waals surface area contributed by atoms with E-state index in [1.54, 1.807) is 60.7 Å². The van der Waals surface area contributed by atoms with E-state index in [0.717, 1.165) is 5.56 Å². The maximum atomic E-state index is 12.3. The molecule has 3 rings (SSSR count). The average molecular weight is 393 g/mol. The fourth-order valence-electron chi connectivity index (χ4n) is 2.47. The molecule has 140 valence electrons. The van der Waals surface area contributed by atoms with Crippen LogP contribution in [-0.4, -0.2) is 18.1 Å². The largest absolute Gasteiger partial charge is 0.422 e. The van der Waals surface area contributed by atoms with Crippen LogP contribution < -0.4 is 10.2 Å². The molecule has 0 radical (unpaired) electrons. The summed E-state index contributed by atoms with van der Waals surface area (Å²) in [6.07, 6.45) is 1.43. The van der Waals surface area contributed by atoms with Gasteiger partial charge in [0.05, 0.1) is 11.8 Å². The van der Waals surface area contributed by atoms with Crippen molar-refractivity contribution >= 4 is 29.7 Å². The molecule has 0 bridgehead atoms. The average Bonchev–Trinajstić information content (AvgIpc) is 2.70. The molecule has 0 unspecified atom stereocenters. The number of hydrogen-bond acceptors (Lipinski definition) is 4. The smallest absolute Gasteiger partial charge is 0.343 e. The van der Waals surface area contributed by atoms with Crippen LogP contribution in [0.4, 0.5) is 0 Å². The number of aryl methyl sites for hydroxylation is 1. The van der Waals surface area contributed by atoms with E-state index < -0.39 is 5.97 Å². The Bertz CT molecular complexity index is 1030. The third kappa shape index (κ3) is 4.84. The molecule has 0 saturated carbocycles. The second kappa shape index (κ2) is 8.97. The van der Waals surface area contributed by atoms with Crippen LogP contribution >= 0.6 is 11.6 Å². The highest BCUT2D eigenvalue weighted by Gasteiger charge is 2.11. The number of carbonyl (C=O) groups is 2. The van der Waals surface area contributed by atoms with Crippen molar-refractivity contribution < 1.29 is 14.3 Å². The summed E-state index contributed by atoms with van der Waals surface area (Å²) in [6.45, 7) is 1.85. The lowest BCUT2D eigenvalue weighted by atomic mass is 10.1. The van der Waals surface area contributed by atoms with E-state index >= 15 is 0 Å². The van der Waals surface area contributed by atoms with Gasteiger partial charge in [-0.1, -0.05) is 41.9 Å². The third-order valence-corrected chi connectivity index (χ3v) is 4.21. The first-order valence-electron chi connectivity index (χ1n) is 8.50. The number of amides is 1. The van der Waals surface area contributed by atoms with Gasteiger partial charge in [-0.05, 0) is 55.0 Å². The molecule has 0 fully saturated rings. The summed E-state index contributed by atoms with van der Waals surface area (Å²) in [4.78, 5) is 24.5. The zero-order valence-electron chi connectivity index (χ0n) is 15.1. The summed E-state index contributed by atoms with van der Waals surface area (Å²) in [5.74, 6) is -0.497. The Kier molecular flexibility index (Phi) is 6.19. The van der Waals surface area contributed by atoms with Crippen molar-refractivity contribution in [2.45, 2.75) is 6.92 Å². The van der Waals surface area contributed by atoms with Crippen LogP contribution in [0.2, 0.25) is 5.02 Å². The van der Waals surface area contributed by atoms with E-state index in [1.807, 2.05) is 19.1 Å². The number of halogens is 1. The predicted octanol–water partition coefficient (Wildman–Crippen LogP) is 4.63. The molecular weight excluding hydrogens is 376 g/mol. The van der Waals surface area contributed by atoms with Crippen molar-refractivity contribution in [2.75, 3.05) is 0 Å². The van der Waals surface area contributed by atoms with Crippen molar-refractivity contribution in [2.24, 2.45) is 5.10 Å². The SMILES string of the molecule is Cc1ccccc1C(=O)N/N=C/c1ccccc1OC(=O)c1ccc(Cl)cc1. The van der Waals surface area contributed by atoms with Crippen molar-refractivity contribution in [1.29, 1.82) is 0 Å². The minimum atomic E-state index is -0.513. The maximum absolute atomic E-state index is 12.3. The summed E-state index contributed by atoms with van der Waals surface area (Å²) in [7, 11) is 0. The molecule has 3 aromatic carbocycles. The van der Waals surface area contributed by atoms with Gasteiger partial charge in [0, 0.05) is 16.1 Å². The number of esters is 1. The molecule has 6 heteroatoms. The number of hydrazone groups is 1. The Morgan fingerprint density at radius 1 is 0.964 bits per heavy atom. The lowest BCUT2D eigenvalue weighted by molar-refractivity contribution is 0.0734. The van der Waals surface area contributed by atoms with Crippen LogP contribution in [0, 0.1) is 6.92 Å².